The molecule has 0 aliphatic rings. The number of carboxylic acid groups (broad SMARTS) is 2. The standard InChI is InChI=1S/C23H45N13O7/c24-12(7-8-16(37)38)17(39)34-13(4-1-9-31-21(25)26)18(40)35-14(5-2-10-32-22(27)28)19(41)36-15(20(42)43)6-3-11-33-23(29)30/h12-15H,1-11,24H2,(H,34,39)(H,35,40)(H,36,41)(H,37,38)(H,42,43)(H4,25,26,31)(H4,27,28,32)(H4,29,30,33)/t12-,13-,14-,15-/m0/s1. The molecule has 0 fully saturated rings. The maximum absolute atomic E-state index is 13.3. The third kappa shape index (κ3) is 19.0. The van der Waals surface area contributed by atoms with Crippen molar-refractivity contribution >= 4 is 47.5 Å². The van der Waals surface area contributed by atoms with Gasteiger partial charge in [0.05, 0.1) is 6.04 Å². The summed E-state index contributed by atoms with van der Waals surface area (Å²) in [7, 11) is 0. The minimum atomic E-state index is -1.32. The van der Waals surface area contributed by atoms with Crippen LogP contribution in [0.1, 0.15) is 51.4 Å². The lowest BCUT2D eigenvalue weighted by Gasteiger charge is -2.25. The van der Waals surface area contributed by atoms with Gasteiger partial charge >= 0.3 is 11.9 Å². The Kier molecular flexibility index (Phi) is 18.5. The first-order chi connectivity index (χ1) is 20.1. The highest BCUT2D eigenvalue weighted by atomic mass is 16.4. The second-order valence-electron chi connectivity index (χ2n) is 9.51. The van der Waals surface area contributed by atoms with Gasteiger partial charge in [-0.3, -0.25) is 35.4 Å². The number of aliphatic carboxylic acids is 2. The van der Waals surface area contributed by atoms with E-state index in [0.29, 0.717) is 0 Å². The first-order valence-corrected chi connectivity index (χ1v) is 13.5. The summed E-state index contributed by atoms with van der Waals surface area (Å²) in [6.45, 7) is 0.545. The van der Waals surface area contributed by atoms with Crippen molar-refractivity contribution in [2.24, 2.45) is 22.9 Å². The molecule has 0 heterocycles. The van der Waals surface area contributed by atoms with Crippen molar-refractivity contribution in [1.82, 2.24) is 31.9 Å². The quantitative estimate of drug-likeness (QED) is 0.0310. The molecule has 0 aliphatic carbocycles. The molecule has 0 aromatic heterocycles. The minimum Gasteiger partial charge on any atom is -0.481 e. The number of amides is 3. The Labute approximate surface area is 248 Å². The zero-order valence-electron chi connectivity index (χ0n) is 23.8. The average Bonchev–Trinajstić information content (AvgIpc) is 2.91. The normalized spacial score (nSPS) is 13.2. The van der Waals surface area contributed by atoms with Crippen molar-refractivity contribution in [3.8, 4) is 0 Å². The topological polar surface area (TPSA) is 374 Å². The van der Waals surface area contributed by atoms with Crippen LogP contribution in [0.3, 0.4) is 0 Å². The van der Waals surface area contributed by atoms with Crippen LogP contribution in [0.2, 0.25) is 0 Å². The Morgan fingerprint density at radius 2 is 0.930 bits per heavy atom. The second-order valence-corrected chi connectivity index (χ2v) is 9.51. The van der Waals surface area contributed by atoms with Gasteiger partial charge in [0, 0.05) is 26.1 Å². The minimum absolute atomic E-state index is 0.000762. The Morgan fingerprint density at radius 3 is 1.28 bits per heavy atom. The lowest BCUT2D eigenvalue weighted by Crippen LogP contribution is -2.57. The number of hydrogen-bond acceptors (Lipinski definition) is 9. The van der Waals surface area contributed by atoms with Crippen molar-refractivity contribution < 1.29 is 34.2 Å². The maximum atomic E-state index is 13.3. The van der Waals surface area contributed by atoms with E-state index in [1.165, 1.54) is 0 Å². The average molecular weight is 616 g/mol. The van der Waals surface area contributed by atoms with Gasteiger partial charge in [0.1, 0.15) is 18.1 Å². The monoisotopic (exact) mass is 615 g/mol. The fourth-order valence-corrected chi connectivity index (χ4v) is 3.62. The lowest BCUT2D eigenvalue weighted by atomic mass is 10.0. The van der Waals surface area contributed by atoms with Crippen LogP contribution >= 0.6 is 0 Å². The summed E-state index contributed by atoms with van der Waals surface area (Å²) in [4.78, 5) is 61.6. The van der Waals surface area contributed by atoms with Gasteiger partial charge in [0.15, 0.2) is 17.9 Å². The van der Waals surface area contributed by atoms with Crippen LogP contribution in [0.5, 0.6) is 0 Å². The fourth-order valence-electron chi connectivity index (χ4n) is 3.62. The van der Waals surface area contributed by atoms with E-state index in [2.05, 4.69) is 31.9 Å². The third-order valence-corrected chi connectivity index (χ3v) is 5.84. The number of carboxylic acids is 2. The molecule has 0 spiro atoms. The Morgan fingerprint density at radius 1 is 0.581 bits per heavy atom. The van der Waals surface area contributed by atoms with Crippen molar-refractivity contribution in [1.29, 1.82) is 16.2 Å². The first-order valence-electron chi connectivity index (χ1n) is 13.5. The molecular formula is C23H45N13O7. The molecule has 19 N–H and O–H groups in total. The lowest BCUT2D eigenvalue weighted by molar-refractivity contribution is -0.142. The van der Waals surface area contributed by atoms with Crippen molar-refractivity contribution in [3.63, 3.8) is 0 Å². The van der Waals surface area contributed by atoms with Crippen LogP contribution in [0.4, 0.5) is 0 Å². The zero-order chi connectivity index (χ0) is 32.9. The Hall–Kier alpha value is -4.88. The van der Waals surface area contributed by atoms with Crippen LogP contribution in [0, 0.1) is 16.2 Å². The van der Waals surface area contributed by atoms with E-state index in [9.17, 15) is 29.1 Å². The van der Waals surface area contributed by atoms with Crippen molar-refractivity contribution in [2.75, 3.05) is 19.6 Å². The molecule has 0 aliphatic heterocycles. The molecule has 0 unspecified atom stereocenters. The van der Waals surface area contributed by atoms with Crippen molar-refractivity contribution in [3.05, 3.63) is 0 Å². The van der Waals surface area contributed by atoms with Gasteiger partial charge in [0.25, 0.3) is 0 Å². The summed E-state index contributed by atoms with van der Waals surface area (Å²) < 4.78 is 0. The van der Waals surface area contributed by atoms with E-state index < -0.39 is 53.8 Å². The predicted molar refractivity (Wildman–Crippen MR) is 156 cm³/mol. The molecule has 4 atom stereocenters. The summed E-state index contributed by atoms with van der Waals surface area (Å²) in [6.07, 6.45) is 0.180. The van der Waals surface area contributed by atoms with E-state index in [0.717, 1.165) is 0 Å². The SMILES string of the molecule is N=C(N)NCCC[C@H](NC(=O)[C@H](CCCNC(=N)N)NC(=O)[C@H](CCCNC(=N)N)NC(=O)[C@@H](N)CCC(=O)O)C(=O)O. The molecule has 0 radical (unpaired) electrons. The molecule has 43 heavy (non-hydrogen) atoms. The smallest absolute Gasteiger partial charge is 0.326 e. The molecule has 0 aromatic carbocycles. The van der Waals surface area contributed by atoms with Crippen LogP contribution in [-0.4, -0.2) is 102 Å². The zero-order valence-corrected chi connectivity index (χ0v) is 23.8. The molecule has 0 rings (SSSR count). The van der Waals surface area contributed by atoms with Crippen molar-refractivity contribution in [2.45, 2.75) is 75.5 Å². The third-order valence-electron chi connectivity index (χ3n) is 5.84. The molecule has 0 aromatic rings. The number of guanidine groups is 3. The van der Waals surface area contributed by atoms with E-state index in [1.54, 1.807) is 0 Å². The first kappa shape index (κ1) is 38.1. The number of rotatable bonds is 22. The highest BCUT2D eigenvalue weighted by Crippen LogP contribution is 2.06. The molecule has 3 amide bonds. The van der Waals surface area contributed by atoms with Crippen LogP contribution < -0.4 is 54.8 Å². The summed E-state index contributed by atoms with van der Waals surface area (Å²) in [5.41, 5.74) is 21.5. The van der Waals surface area contributed by atoms with Gasteiger partial charge in [-0.1, -0.05) is 0 Å². The van der Waals surface area contributed by atoms with Gasteiger partial charge in [-0.25, -0.2) is 4.79 Å². The largest absolute Gasteiger partial charge is 0.481 e. The summed E-state index contributed by atoms with van der Waals surface area (Å²) in [6, 6.07) is -5.03. The fraction of sp³-hybridized carbons (Fsp3) is 0.652. The second kappa shape index (κ2) is 20.9. The van der Waals surface area contributed by atoms with E-state index in [1.807, 2.05) is 0 Å². The van der Waals surface area contributed by atoms with E-state index in [4.69, 9.17) is 44.3 Å². The molecule has 0 saturated heterocycles. The number of carbonyl (C=O) groups excluding carboxylic acids is 3. The molecule has 244 valence electrons. The Bertz CT molecular complexity index is 995. The molecule has 0 saturated carbocycles. The number of nitrogens with two attached hydrogens (primary N) is 4. The van der Waals surface area contributed by atoms with Gasteiger partial charge in [-0.05, 0) is 44.9 Å². The highest BCUT2D eigenvalue weighted by Gasteiger charge is 2.30. The van der Waals surface area contributed by atoms with E-state index >= 15 is 0 Å². The van der Waals surface area contributed by atoms with Crippen LogP contribution in [-0.2, 0) is 24.0 Å². The number of carbonyl (C=O) groups is 5. The van der Waals surface area contributed by atoms with Crippen LogP contribution in [0.15, 0.2) is 0 Å². The van der Waals surface area contributed by atoms with Gasteiger partial charge < -0.3 is 65.0 Å². The summed E-state index contributed by atoms with van der Waals surface area (Å²) in [5, 5.41) is 55.1. The summed E-state index contributed by atoms with van der Waals surface area (Å²) in [5.74, 6) is -5.78. The molecule has 20 nitrogen and oxygen atoms in total. The molecule has 20 heteroatoms. The number of nitrogens with one attached hydrogen (secondary N) is 9. The van der Waals surface area contributed by atoms with Gasteiger partial charge in [0.2, 0.25) is 17.7 Å². The molecular weight excluding hydrogens is 570 g/mol. The molecule has 0 bridgehead atoms. The Balaban J connectivity index is 5.71. The van der Waals surface area contributed by atoms with Crippen LogP contribution in [0.25, 0.3) is 0 Å². The highest BCUT2D eigenvalue weighted by molar-refractivity contribution is 5.94. The van der Waals surface area contributed by atoms with Gasteiger partial charge in [-0.2, -0.15) is 0 Å². The van der Waals surface area contributed by atoms with Gasteiger partial charge in [-0.15, -0.1) is 0 Å². The maximum Gasteiger partial charge on any atom is 0.326 e. The predicted octanol–water partition coefficient (Wildman–Crippen LogP) is -4.49. The summed E-state index contributed by atoms with van der Waals surface area (Å²) >= 11 is 0. The van der Waals surface area contributed by atoms with E-state index in [-0.39, 0.29) is 88.9 Å². The number of hydrogen-bond donors (Lipinski definition) is 15.